The summed E-state index contributed by atoms with van der Waals surface area (Å²) in [5.41, 5.74) is 0.146. The van der Waals surface area contributed by atoms with E-state index in [9.17, 15) is 8.78 Å². The molecule has 144 valence electrons. The Balaban J connectivity index is 0.000000243. The van der Waals surface area contributed by atoms with Crippen molar-refractivity contribution in [3.63, 3.8) is 0 Å². The molecule has 2 rings (SSSR count). The van der Waals surface area contributed by atoms with Crippen LogP contribution in [0.15, 0.2) is 0 Å². The topological polar surface area (TPSA) is 0 Å². The SMILES string of the molecule is CC(C)(C)C1(C(C)(C)C)CC1.CC(C)(C)C1(C(C)(C)C)CC1(F)F. The van der Waals surface area contributed by atoms with Gasteiger partial charge in [0.15, 0.2) is 0 Å². The van der Waals surface area contributed by atoms with E-state index in [-0.39, 0.29) is 17.3 Å². The molecule has 0 aromatic carbocycles. The molecule has 0 amide bonds. The summed E-state index contributed by atoms with van der Waals surface area (Å²) >= 11 is 0. The summed E-state index contributed by atoms with van der Waals surface area (Å²) in [5.74, 6) is -2.47. The van der Waals surface area contributed by atoms with Crippen molar-refractivity contribution in [2.24, 2.45) is 32.5 Å². The van der Waals surface area contributed by atoms with Crippen LogP contribution in [0.4, 0.5) is 8.78 Å². The monoisotopic (exact) mass is 344 g/mol. The Bertz CT molecular complexity index is 424. The van der Waals surface area contributed by atoms with Gasteiger partial charge in [-0.3, -0.25) is 0 Å². The van der Waals surface area contributed by atoms with Gasteiger partial charge in [0.25, 0.3) is 5.92 Å². The third-order valence-corrected chi connectivity index (χ3v) is 7.17. The Hall–Kier alpha value is -0.140. The highest BCUT2D eigenvalue weighted by Gasteiger charge is 2.79. The summed E-state index contributed by atoms with van der Waals surface area (Å²) < 4.78 is 26.9. The fraction of sp³-hybridized carbons (Fsp3) is 1.00. The lowest BCUT2D eigenvalue weighted by Crippen LogP contribution is -2.39. The van der Waals surface area contributed by atoms with Crippen LogP contribution in [-0.2, 0) is 0 Å². The Labute approximate surface area is 150 Å². The van der Waals surface area contributed by atoms with E-state index in [1.54, 1.807) is 0 Å². The van der Waals surface area contributed by atoms with Gasteiger partial charge in [-0.25, -0.2) is 8.78 Å². The van der Waals surface area contributed by atoms with Crippen LogP contribution in [0.3, 0.4) is 0 Å². The van der Waals surface area contributed by atoms with Crippen molar-refractivity contribution >= 4 is 0 Å². The van der Waals surface area contributed by atoms with Crippen LogP contribution < -0.4 is 0 Å². The molecule has 0 aromatic heterocycles. The first kappa shape index (κ1) is 21.9. The Morgan fingerprint density at radius 2 is 0.792 bits per heavy atom. The number of alkyl halides is 2. The van der Waals surface area contributed by atoms with Crippen LogP contribution in [0, 0.1) is 32.5 Å². The molecule has 0 unspecified atom stereocenters. The molecule has 0 N–H and O–H groups in total. The van der Waals surface area contributed by atoms with Gasteiger partial charge in [0.1, 0.15) is 0 Å². The molecule has 0 nitrogen and oxygen atoms in total. The molecule has 2 aliphatic rings. The Morgan fingerprint density at radius 3 is 0.792 bits per heavy atom. The van der Waals surface area contributed by atoms with Crippen molar-refractivity contribution in [3.05, 3.63) is 0 Å². The normalized spacial score (nSPS) is 24.8. The minimum Gasteiger partial charge on any atom is -0.206 e. The molecular weight excluding hydrogens is 302 g/mol. The van der Waals surface area contributed by atoms with E-state index in [0.29, 0.717) is 16.2 Å². The van der Waals surface area contributed by atoms with Crippen molar-refractivity contribution in [3.8, 4) is 0 Å². The third-order valence-electron chi connectivity index (χ3n) is 7.17. The van der Waals surface area contributed by atoms with Crippen LogP contribution in [0.1, 0.15) is 102 Å². The van der Waals surface area contributed by atoms with Crippen molar-refractivity contribution in [2.75, 3.05) is 0 Å². The van der Waals surface area contributed by atoms with E-state index in [1.807, 2.05) is 41.5 Å². The molecule has 0 radical (unpaired) electrons. The maximum Gasteiger partial charge on any atom is 0.255 e. The van der Waals surface area contributed by atoms with Gasteiger partial charge in [0.2, 0.25) is 0 Å². The molecule has 0 aromatic rings. The molecule has 0 spiro atoms. The fourth-order valence-corrected chi connectivity index (χ4v) is 5.79. The summed E-state index contributed by atoms with van der Waals surface area (Å²) in [6.45, 7) is 25.8. The molecule has 2 saturated carbocycles. The average molecular weight is 345 g/mol. The zero-order chi connectivity index (χ0) is 19.6. The summed E-state index contributed by atoms with van der Waals surface area (Å²) in [7, 11) is 0. The van der Waals surface area contributed by atoms with E-state index in [4.69, 9.17) is 0 Å². The molecule has 0 aliphatic heterocycles. The van der Waals surface area contributed by atoms with Gasteiger partial charge < -0.3 is 0 Å². The van der Waals surface area contributed by atoms with Gasteiger partial charge >= 0.3 is 0 Å². The molecule has 0 saturated heterocycles. The van der Waals surface area contributed by atoms with Crippen LogP contribution >= 0.6 is 0 Å². The maximum atomic E-state index is 13.4. The van der Waals surface area contributed by atoms with Gasteiger partial charge in [0.05, 0.1) is 0 Å². The summed E-state index contributed by atoms with van der Waals surface area (Å²) in [4.78, 5) is 0. The number of hydrogen-bond donors (Lipinski definition) is 0. The minimum absolute atomic E-state index is 0.0486. The average Bonchev–Trinajstić information content (AvgIpc) is 3.05. The molecular formula is C22H42F2. The highest BCUT2D eigenvalue weighted by Crippen LogP contribution is 2.76. The van der Waals surface area contributed by atoms with Gasteiger partial charge in [0, 0.05) is 11.8 Å². The van der Waals surface area contributed by atoms with Crippen LogP contribution in [0.2, 0.25) is 0 Å². The zero-order valence-corrected chi connectivity index (χ0v) is 18.4. The lowest BCUT2D eigenvalue weighted by molar-refractivity contribution is -0.0474. The minimum atomic E-state index is -2.47. The fourth-order valence-electron chi connectivity index (χ4n) is 5.79. The van der Waals surface area contributed by atoms with Gasteiger partial charge in [-0.15, -0.1) is 0 Å². The Morgan fingerprint density at radius 1 is 0.542 bits per heavy atom. The molecule has 24 heavy (non-hydrogen) atoms. The summed E-state index contributed by atoms with van der Waals surface area (Å²) in [6.07, 6.45) is 2.91. The highest BCUT2D eigenvalue weighted by atomic mass is 19.3. The quantitative estimate of drug-likeness (QED) is 0.418. The van der Waals surface area contributed by atoms with E-state index >= 15 is 0 Å². The van der Waals surface area contributed by atoms with Crippen molar-refractivity contribution < 1.29 is 8.78 Å². The van der Waals surface area contributed by atoms with E-state index in [1.165, 1.54) is 12.8 Å². The first-order valence-electron chi connectivity index (χ1n) is 9.54. The van der Waals surface area contributed by atoms with Crippen molar-refractivity contribution in [1.82, 2.24) is 0 Å². The molecule has 2 aliphatic carbocycles. The number of halogens is 2. The summed E-state index contributed by atoms with van der Waals surface area (Å²) in [5, 5.41) is 0. The third kappa shape index (κ3) is 3.28. The maximum absolute atomic E-state index is 13.4. The molecule has 2 heteroatoms. The van der Waals surface area contributed by atoms with E-state index in [2.05, 4.69) is 41.5 Å². The molecule has 0 bridgehead atoms. The lowest BCUT2D eigenvalue weighted by Gasteiger charge is -2.41. The van der Waals surface area contributed by atoms with E-state index in [0.717, 1.165) is 0 Å². The second kappa shape index (κ2) is 5.43. The molecule has 0 heterocycles. The van der Waals surface area contributed by atoms with Crippen molar-refractivity contribution in [1.29, 1.82) is 0 Å². The largest absolute Gasteiger partial charge is 0.255 e. The number of hydrogen-bond acceptors (Lipinski definition) is 0. The standard InChI is InChI=1S/C11H20F2.C11H22/c1-8(2,3)10(9(4,5)6)7-11(10,12)13;1-9(2,3)11(7-8-11)10(4,5)6/h7H2,1-6H3;7-8H2,1-6H3. The van der Waals surface area contributed by atoms with Crippen LogP contribution in [0.5, 0.6) is 0 Å². The first-order chi connectivity index (χ1) is 10.2. The van der Waals surface area contributed by atoms with Crippen LogP contribution in [-0.4, -0.2) is 5.92 Å². The lowest BCUT2D eigenvalue weighted by atomic mass is 9.63. The predicted molar refractivity (Wildman–Crippen MR) is 101 cm³/mol. The zero-order valence-electron chi connectivity index (χ0n) is 18.4. The van der Waals surface area contributed by atoms with Crippen LogP contribution in [0.25, 0.3) is 0 Å². The smallest absolute Gasteiger partial charge is 0.206 e. The van der Waals surface area contributed by atoms with Crippen molar-refractivity contribution in [2.45, 2.75) is 108 Å². The summed E-state index contributed by atoms with van der Waals surface area (Å²) in [6, 6.07) is 0. The van der Waals surface area contributed by atoms with Gasteiger partial charge in [-0.05, 0) is 39.9 Å². The predicted octanol–water partition coefficient (Wildman–Crippen LogP) is 7.96. The second-order valence-electron chi connectivity index (χ2n) is 12.4. The first-order valence-corrected chi connectivity index (χ1v) is 9.54. The number of rotatable bonds is 0. The molecule has 0 atom stereocenters. The van der Waals surface area contributed by atoms with Gasteiger partial charge in [-0.1, -0.05) is 83.1 Å². The van der Waals surface area contributed by atoms with Gasteiger partial charge in [-0.2, -0.15) is 0 Å². The van der Waals surface area contributed by atoms with E-state index < -0.39 is 11.3 Å². The highest BCUT2D eigenvalue weighted by molar-refractivity contribution is 5.20. The molecule has 2 fully saturated rings. The Kier molecular flexibility index (Phi) is 4.95. The second-order valence-corrected chi connectivity index (χ2v) is 12.4.